The van der Waals surface area contributed by atoms with Gasteiger partial charge in [0.2, 0.25) is 0 Å². The molecule has 0 N–H and O–H groups in total. The van der Waals surface area contributed by atoms with E-state index in [1.54, 1.807) is 6.92 Å². The van der Waals surface area contributed by atoms with Crippen LogP contribution in [0.2, 0.25) is 0 Å². The minimum absolute atomic E-state index is 0.125. The predicted molar refractivity (Wildman–Crippen MR) is 84.2 cm³/mol. The fourth-order valence-electron chi connectivity index (χ4n) is 1.88. The molecule has 0 bridgehead atoms. The topological polar surface area (TPSA) is 52.6 Å². The summed E-state index contributed by atoms with van der Waals surface area (Å²) in [6, 6.07) is 0. The summed E-state index contributed by atoms with van der Waals surface area (Å²) in [6.07, 6.45) is 6.75. The molecular weight excluding hydrogens is 292 g/mol. The maximum Gasteiger partial charge on any atom is 0.307 e. The Bertz CT molecular complexity index is 308. The summed E-state index contributed by atoms with van der Waals surface area (Å²) < 4.78 is 10.1. The monoisotopic (exact) mass is 320 g/mol. The number of hydrogen-bond acceptors (Lipinski definition) is 4. The van der Waals surface area contributed by atoms with Crippen molar-refractivity contribution in [1.82, 2.24) is 0 Å². The molecule has 4 nitrogen and oxygen atoms in total. The first-order valence-corrected chi connectivity index (χ1v) is 8.20. The highest BCUT2D eigenvalue weighted by Crippen LogP contribution is 2.13. The molecule has 5 heteroatoms. The van der Waals surface area contributed by atoms with E-state index in [4.69, 9.17) is 21.1 Å². The van der Waals surface area contributed by atoms with Gasteiger partial charge < -0.3 is 9.47 Å². The first kappa shape index (κ1) is 20.2. The van der Waals surface area contributed by atoms with Gasteiger partial charge in [0, 0.05) is 12.8 Å². The molecule has 0 amide bonds. The molecule has 0 aliphatic heterocycles. The van der Waals surface area contributed by atoms with Gasteiger partial charge >= 0.3 is 11.9 Å². The van der Waals surface area contributed by atoms with E-state index in [1.165, 1.54) is 0 Å². The molecule has 0 heterocycles. The van der Waals surface area contributed by atoms with E-state index in [1.807, 2.05) is 20.8 Å². The third-order valence-corrected chi connectivity index (χ3v) is 2.81. The van der Waals surface area contributed by atoms with Crippen molar-refractivity contribution in [3.05, 3.63) is 0 Å². The van der Waals surface area contributed by atoms with Gasteiger partial charge in [-0.05, 0) is 40.5 Å². The van der Waals surface area contributed by atoms with Crippen molar-refractivity contribution in [1.29, 1.82) is 0 Å². The van der Waals surface area contributed by atoms with Crippen LogP contribution in [0.1, 0.15) is 79.1 Å². The zero-order valence-corrected chi connectivity index (χ0v) is 14.5. The SMILES string of the molecule is CC(Cl)OC(=O)CCCCCCCCC(=O)OC(C)(C)C. The molecule has 124 valence electrons. The summed E-state index contributed by atoms with van der Waals surface area (Å²) in [5.74, 6) is -0.358. The Morgan fingerprint density at radius 3 is 1.76 bits per heavy atom. The molecule has 0 aromatic heterocycles. The first-order valence-electron chi connectivity index (χ1n) is 7.76. The number of esters is 2. The van der Waals surface area contributed by atoms with Crippen LogP contribution in [0.25, 0.3) is 0 Å². The Hall–Kier alpha value is -0.770. The number of ether oxygens (including phenoxy) is 2. The first-order chi connectivity index (χ1) is 9.70. The van der Waals surface area contributed by atoms with E-state index in [0.717, 1.165) is 38.5 Å². The van der Waals surface area contributed by atoms with Gasteiger partial charge in [0.25, 0.3) is 0 Å². The minimum atomic E-state index is -0.551. The van der Waals surface area contributed by atoms with Crippen LogP contribution < -0.4 is 0 Å². The van der Waals surface area contributed by atoms with Gasteiger partial charge in [-0.15, -0.1) is 0 Å². The Labute approximate surface area is 133 Å². The van der Waals surface area contributed by atoms with Gasteiger partial charge in [-0.25, -0.2) is 0 Å². The molecule has 0 aromatic rings. The third kappa shape index (κ3) is 15.4. The summed E-state index contributed by atoms with van der Waals surface area (Å²) in [5, 5.41) is 0. The standard InChI is InChI=1S/C16H29ClO4/c1-13(17)20-14(18)11-9-7-5-6-8-10-12-15(19)21-16(2,3)4/h13H,5-12H2,1-4H3. The van der Waals surface area contributed by atoms with Crippen LogP contribution in [0.4, 0.5) is 0 Å². The van der Waals surface area contributed by atoms with E-state index < -0.39 is 11.2 Å². The summed E-state index contributed by atoms with van der Waals surface area (Å²) in [7, 11) is 0. The lowest BCUT2D eigenvalue weighted by Gasteiger charge is -2.19. The largest absolute Gasteiger partial charge is 0.460 e. The van der Waals surface area contributed by atoms with Crippen LogP contribution in [0, 0.1) is 0 Å². The molecule has 1 atom stereocenters. The fourth-order valence-corrected chi connectivity index (χ4v) is 1.98. The molecule has 0 aliphatic rings. The number of unbranched alkanes of at least 4 members (excludes halogenated alkanes) is 5. The highest BCUT2D eigenvalue weighted by molar-refractivity contribution is 6.19. The molecule has 0 aromatic carbocycles. The van der Waals surface area contributed by atoms with Gasteiger partial charge in [0.15, 0.2) is 5.56 Å². The lowest BCUT2D eigenvalue weighted by Crippen LogP contribution is -2.23. The van der Waals surface area contributed by atoms with E-state index in [0.29, 0.717) is 12.8 Å². The number of rotatable bonds is 10. The van der Waals surface area contributed by atoms with Gasteiger partial charge in [0.1, 0.15) is 5.60 Å². The van der Waals surface area contributed by atoms with Crippen molar-refractivity contribution in [3.8, 4) is 0 Å². The Balaban J connectivity index is 3.37. The van der Waals surface area contributed by atoms with Crippen molar-refractivity contribution >= 4 is 23.5 Å². The van der Waals surface area contributed by atoms with E-state index in [9.17, 15) is 9.59 Å². The summed E-state index contributed by atoms with van der Waals surface area (Å²) >= 11 is 5.55. The van der Waals surface area contributed by atoms with E-state index >= 15 is 0 Å². The molecule has 0 aliphatic carbocycles. The van der Waals surface area contributed by atoms with Crippen molar-refractivity contribution < 1.29 is 19.1 Å². The Kier molecular flexibility index (Phi) is 10.5. The van der Waals surface area contributed by atoms with Crippen molar-refractivity contribution in [2.24, 2.45) is 0 Å². The number of carbonyl (C=O) groups excluding carboxylic acids is 2. The number of hydrogen-bond donors (Lipinski definition) is 0. The molecule has 0 spiro atoms. The van der Waals surface area contributed by atoms with E-state index in [-0.39, 0.29) is 11.9 Å². The Morgan fingerprint density at radius 2 is 1.33 bits per heavy atom. The second kappa shape index (κ2) is 10.9. The van der Waals surface area contributed by atoms with Gasteiger partial charge in [-0.1, -0.05) is 37.3 Å². The smallest absolute Gasteiger partial charge is 0.307 e. The predicted octanol–water partition coefficient (Wildman–Crippen LogP) is 4.58. The normalized spacial score (nSPS) is 12.8. The number of alkyl halides is 1. The fraction of sp³-hybridized carbons (Fsp3) is 0.875. The summed E-state index contributed by atoms with van der Waals surface area (Å²) in [6.45, 7) is 7.26. The van der Waals surface area contributed by atoms with E-state index in [2.05, 4.69) is 0 Å². The molecule has 1 unspecified atom stereocenters. The van der Waals surface area contributed by atoms with Crippen LogP contribution in [0.15, 0.2) is 0 Å². The number of halogens is 1. The van der Waals surface area contributed by atoms with Crippen LogP contribution in [-0.2, 0) is 19.1 Å². The van der Waals surface area contributed by atoms with Gasteiger partial charge in [-0.2, -0.15) is 0 Å². The van der Waals surface area contributed by atoms with Crippen LogP contribution in [0.5, 0.6) is 0 Å². The Morgan fingerprint density at radius 1 is 0.905 bits per heavy atom. The number of carbonyl (C=O) groups is 2. The van der Waals surface area contributed by atoms with Gasteiger partial charge in [-0.3, -0.25) is 9.59 Å². The zero-order chi connectivity index (χ0) is 16.3. The molecule has 0 saturated carbocycles. The van der Waals surface area contributed by atoms with Crippen LogP contribution in [-0.4, -0.2) is 23.1 Å². The average Bonchev–Trinajstić information content (AvgIpc) is 2.29. The summed E-state index contributed by atoms with van der Waals surface area (Å²) in [4.78, 5) is 22.7. The zero-order valence-electron chi connectivity index (χ0n) is 13.7. The highest BCUT2D eigenvalue weighted by atomic mass is 35.5. The second-order valence-corrected chi connectivity index (χ2v) is 6.86. The molecule has 21 heavy (non-hydrogen) atoms. The molecular formula is C16H29ClO4. The highest BCUT2D eigenvalue weighted by Gasteiger charge is 2.15. The van der Waals surface area contributed by atoms with Crippen molar-refractivity contribution in [3.63, 3.8) is 0 Å². The van der Waals surface area contributed by atoms with Crippen LogP contribution >= 0.6 is 11.6 Å². The van der Waals surface area contributed by atoms with Crippen molar-refractivity contribution in [2.75, 3.05) is 0 Å². The molecule has 0 radical (unpaired) electrons. The average molecular weight is 321 g/mol. The third-order valence-electron chi connectivity index (χ3n) is 2.73. The minimum Gasteiger partial charge on any atom is -0.460 e. The molecule has 0 rings (SSSR count). The second-order valence-electron chi connectivity index (χ2n) is 6.24. The molecule has 0 saturated heterocycles. The maximum absolute atomic E-state index is 11.5. The lowest BCUT2D eigenvalue weighted by atomic mass is 10.1. The van der Waals surface area contributed by atoms with Crippen molar-refractivity contribution in [2.45, 2.75) is 90.2 Å². The summed E-state index contributed by atoms with van der Waals surface area (Å²) in [5.41, 5.74) is -0.947. The lowest BCUT2D eigenvalue weighted by molar-refractivity contribution is -0.155. The quantitative estimate of drug-likeness (QED) is 0.336. The van der Waals surface area contributed by atoms with Crippen LogP contribution in [0.3, 0.4) is 0 Å². The molecule has 0 fully saturated rings. The maximum atomic E-state index is 11.5. The van der Waals surface area contributed by atoms with Gasteiger partial charge in [0.05, 0.1) is 0 Å².